The first-order chi connectivity index (χ1) is 7.75. The number of allylic oxidation sites excluding steroid dienone is 2. The number of nitrogens with one attached hydrogen (secondary N) is 1. The Bertz CT molecular complexity index is 320. The minimum atomic E-state index is 0.278. The summed E-state index contributed by atoms with van der Waals surface area (Å²) >= 11 is 0. The summed E-state index contributed by atoms with van der Waals surface area (Å²) in [7, 11) is 1.98. The number of carbonyl (C=O) groups excluding carboxylic acids is 1. The second-order valence-electron chi connectivity index (χ2n) is 5.48. The second-order valence-corrected chi connectivity index (χ2v) is 5.48. The van der Waals surface area contributed by atoms with E-state index in [-0.39, 0.29) is 5.92 Å². The van der Waals surface area contributed by atoms with E-state index in [1.54, 1.807) is 0 Å². The van der Waals surface area contributed by atoms with Crippen LogP contribution in [0.1, 0.15) is 19.3 Å². The van der Waals surface area contributed by atoms with Gasteiger partial charge in [-0.3, -0.25) is 4.79 Å². The van der Waals surface area contributed by atoms with Gasteiger partial charge in [-0.2, -0.15) is 0 Å². The van der Waals surface area contributed by atoms with Crippen molar-refractivity contribution in [1.82, 2.24) is 10.2 Å². The van der Waals surface area contributed by atoms with E-state index in [0.717, 1.165) is 25.9 Å². The van der Waals surface area contributed by atoms with Crippen LogP contribution >= 0.6 is 0 Å². The Morgan fingerprint density at radius 1 is 1.38 bits per heavy atom. The molecule has 2 aliphatic carbocycles. The van der Waals surface area contributed by atoms with Crippen LogP contribution < -0.4 is 5.32 Å². The molecule has 88 valence electrons. The number of likely N-dealkylation sites (N-methyl/N-ethyl adjacent to an activating group) is 1. The molecule has 2 fully saturated rings. The zero-order valence-electron chi connectivity index (χ0n) is 9.86. The van der Waals surface area contributed by atoms with E-state index in [2.05, 4.69) is 17.5 Å². The van der Waals surface area contributed by atoms with Crippen molar-refractivity contribution >= 4 is 5.91 Å². The Hall–Kier alpha value is -0.830. The fourth-order valence-electron chi connectivity index (χ4n) is 3.48. The molecule has 16 heavy (non-hydrogen) atoms. The maximum absolute atomic E-state index is 12.4. The fourth-order valence-corrected chi connectivity index (χ4v) is 3.48. The van der Waals surface area contributed by atoms with Crippen molar-refractivity contribution in [3.8, 4) is 0 Å². The van der Waals surface area contributed by atoms with Gasteiger partial charge >= 0.3 is 0 Å². The van der Waals surface area contributed by atoms with Gasteiger partial charge in [-0.1, -0.05) is 12.2 Å². The summed E-state index contributed by atoms with van der Waals surface area (Å²) in [5.74, 6) is 1.88. The van der Waals surface area contributed by atoms with E-state index in [1.165, 1.54) is 6.42 Å². The summed E-state index contributed by atoms with van der Waals surface area (Å²) in [5, 5.41) is 3.32. The summed E-state index contributed by atoms with van der Waals surface area (Å²) in [6.45, 7) is 2.03. The number of rotatable bonds is 2. The molecule has 3 rings (SSSR count). The van der Waals surface area contributed by atoms with Crippen LogP contribution in [0, 0.1) is 17.8 Å². The highest BCUT2D eigenvalue weighted by Gasteiger charge is 2.41. The van der Waals surface area contributed by atoms with E-state index in [0.29, 0.717) is 23.8 Å². The summed E-state index contributed by atoms with van der Waals surface area (Å²) < 4.78 is 0. The molecule has 4 atom stereocenters. The van der Waals surface area contributed by atoms with Crippen molar-refractivity contribution in [3.05, 3.63) is 12.2 Å². The lowest BCUT2D eigenvalue weighted by Gasteiger charge is -2.29. The largest absolute Gasteiger partial charge is 0.341 e. The van der Waals surface area contributed by atoms with Crippen molar-refractivity contribution in [1.29, 1.82) is 0 Å². The maximum atomic E-state index is 12.4. The highest BCUT2D eigenvalue weighted by Crippen LogP contribution is 2.44. The van der Waals surface area contributed by atoms with Gasteiger partial charge in [0.25, 0.3) is 0 Å². The zero-order chi connectivity index (χ0) is 11.1. The van der Waals surface area contributed by atoms with E-state index in [9.17, 15) is 4.79 Å². The Morgan fingerprint density at radius 3 is 2.81 bits per heavy atom. The number of hydrogen-bond donors (Lipinski definition) is 1. The molecular formula is C13H20N2O. The molecule has 1 saturated carbocycles. The van der Waals surface area contributed by atoms with Gasteiger partial charge in [0.1, 0.15) is 0 Å². The molecule has 0 aromatic rings. The highest BCUT2D eigenvalue weighted by molar-refractivity contribution is 5.80. The molecular weight excluding hydrogens is 200 g/mol. The molecule has 1 aliphatic heterocycles. The predicted molar refractivity (Wildman–Crippen MR) is 62.9 cm³/mol. The van der Waals surface area contributed by atoms with Crippen LogP contribution in [0.15, 0.2) is 12.2 Å². The van der Waals surface area contributed by atoms with Crippen LogP contribution in [-0.2, 0) is 4.79 Å². The van der Waals surface area contributed by atoms with Crippen LogP contribution in [0.5, 0.6) is 0 Å². The van der Waals surface area contributed by atoms with Crippen LogP contribution in [0.2, 0.25) is 0 Å². The molecule has 0 aromatic carbocycles. The SMILES string of the molecule is CN(C(=O)C1CC2C=CC1C2)C1CCNC1. The molecule has 3 heteroatoms. The first-order valence-corrected chi connectivity index (χ1v) is 6.41. The van der Waals surface area contributed by atoms with Gasteiger partial charge < -0.3 is 10.2 Å². The molecule has 0 aromatic heterocycles. The second kappa shape index (κ2) is 3.88. The predicted octanol–water partition coefficient (Wildman–Crippen LogP) is 1.02. The average molecular weight is 220 g/mol. The molecule has 0 spiro atoms. The number of amides is 1. The minimum Gasteiger partial charge on any atom is -0.341 e. The van der Waals surface area contributed by atoms with Crippen LogP contribution in [0.25, 0.3) is 0 Å². The van der Waals surface area contributed by atoms with Crippen molar-refractivity contribution in [2.75, 3.05) is 20.1 Å². The number of hydrogen-bond acceptors (Lipinski definition) is 2. The number of carbonyl (C=O) groups is 1. The maximum Gasteiger partial charge on any atom is 0.226 e. The van der Waals surface area contributed by atoms with Gasteiger partial charge in [0.2, 0.25) is 5.91 Å². The summed E-state index contributed by atoms with van der Waals surface area (Å²) in [5.41, 5.74) is 0. The van der Waals surface area contributed by atoms with Gasteiger partial charge in [0, 0.05) is 25.6 Å². The third-order valence-corrected chi connectivity index (χ3v) is 4.53. The Balaban J connectivity index is 1.66. The van der Waals surface area contributed by atoms with Gasteiger partial charge in [0.05, 0.1) is 0 Å². The molecule has 4 unspecified atom stereocenters. The molecule has 1 saturated heterocycles. The van der Waals surface area contributed by atoms with E-state index < -0.39 is 0 Å². The Morgan fingerprint density at radius 2 is 2.25 bits per heavy atom. The zero-order valence-corrected chi connectivity index (χ0v) is 9.86. The van der Waals surface area contributed by atoms with Crippen molar-refractivity contribution in [2.24, 2.45) is 17.8 Å². The van der Waals surface area contributed by atoms with Crippen molar-refractivity contribution in [3.63, 3.8) is 0 Å². The summed E-state index contributed by atoms with van der Waals surface area (Å²) in [4.78, 5) is 14.4. The number of fused-ring (bicyclic) bond motifs is 2. The molecule has 1 heterocycles. The minimum absolute atomic E-state index is 0.278. The van der Waals surface area contributed by atoms with Gasteiger partial charge in [-0.25, -0.2) is 0 Å². The van der Waals surface area contributed by atoms with Crippen molar-refractivity contribution < 1.29 is 4.79 Å². The third kappa shape index (κ3) is 1.58. The monoisotopic (exact) mass is 220 g/mol. The fraction of sp³-hybridized carbons (Fsp3) is 0.769. The van der Waals surface area contributed by atoms with Gasteiger partial charge in [0.15, 0.2) is 0 Å². The van der Waals surface area contributed by atoms with E-state index >= 15 is 0 Å². The molecule has 0 radical (unpaired) electrons. The molecule has 1 amide bonds. The van der Waals surface area contributed by atoms with Gasteiger partial charge in [-0.05, 0) is 37.6 Å². The first kappa shape index (κ1) is 10.3. The van der Waals surface area contributed by atoms with E-state index in [4.69, 9.17) is 0 Å². The highest BCUT2D eigenvalue weighted by atomic mass is 16.2. The summed E-state index contributed by atoms with van der Waals surface area (Å²) in [6.07, 6.45) is 7.97. The van der Waals surface area contributed by atoms with Crippen molar-refractivity contribution in [2.45, 2.75) is 25.3 Å². The topological polar surface area (TPSA) is 32.3 Å². The van der Waals surface area contributed by atoms with Crippen LogP contribution in [0.4, 0.5) is 0 Å². The molecule has 2 bridgehead atoms. The lowest BCUT2D eigenvalue weighted by molar-refractivity contribution is -0.136. The average Bonchev–Trinajstić information content (AvgIpc) is 3.02. The van der Waals surface area contributed by atoms with Crippen LogP contribution in [-0.4, -0.2) is 37.0 Å². The Labute approximate surface area is 96.9 Å². The third-order valence-electron chi connectivity index (χ3n) is 4.53. The lowest BCUT2D eigenvalue weighted by atomic mass is 9.92. The Kier molecular flexibility index (Phi) is 2.51. The molecule has 3 nitrogen and oxygen atoms in total. The first-order valence-electron chi connectivity index (χ1n) is 6.41. The molecule has 3 aliphatic rings. The number of nitrogens with zero attached hydrogens (tertiary/aromatic N) is 1. The molecule has 1 N–H and O–H groups in total. The van der Waals surface area contributed by atoms with Gasteiger partial charge in [-0.15, -0.1) is 0 Å². The quantitative estimate of drug-likeness (QED) is 0.705. The standard InChI is InChI=1S/C13H20N2O/c1-15(11-4-5-14-8-11)13(16)12-7-9-2-3-10(12)6-9/h2-3,9-12,14H,4-8H2,1H3. The normalized spacial score (nSPS) is 40.6. The smallest absolute Gasteiger partial charge is 0.226 e. The lowest BCUT2D eigenvalue weighted by Crippen LogP contribution is -2.42. The van der Waals surface area contributed by atoms with E-state index in [1.807, 2.05) is 11.9 Å². The summed E-state index contributed by atoms with van der Waals surface area (Å²) in [6, 6.07) is 0.426. The van der Waals surface area contributed by atoms with Crippen LogP contribution in [0.3, 0.4) is 0 Å².